The number of aliphatic hydroxyl groups is 2. The second kappa shape index (κ2) is 7.08. The third-order valence-corrected chi connectivity index (χ3v) is 2.20. The van der Waals surface area contributed by atoms with Gasteiger partial charge >= 0.3 is 12.0 Å². The van der Waals surface area contributed by atoms with Gasteiger partial charge in [0, 0.05) is 13.1 Å². The van der Waals surface area contributed by atoms with Gasteiger partial charge in [-0.05, 0) is 13.3 Å². The van der Waals surface area contributed by atoms with Gasteiger partial charge in [-0.15, -0.1) is 0 Å². The van der Waals surface area contributed by atoms with E-state index >= 15 is 0 Å². The molecule has 17 heavy (non-hydrogen) atoms. The number of aliphatic carboxylic acids is 1. The fourth-order valence-corrected chi connectivity index (χ4v) is 1.14. The van der Waals surface area contributed by atoms with Crippen molar-refractivity contribution in [2.75, 3.05) is 26.2 Å². The van der Waals surface area contributed by atoms with E-state index < -0.39 is 17.6 Å². The van der Waals surface area contributed by atoms with Crippen molar-refractivity contribution in [1.82, 2.24) is 10.2 Å². The number of carbonyl (C=O) groups is 2. The lowest BCUT2D eigenvalue weighted by Crippen LogP contribution is -2.50. The van der Waals surface area contributed by atoms with E-state index in [0.29, 0.717) is 6.54 Å². The normalized spacial score (nSPS) is 13.9. The lowest BCUT2D eigenvalue weighted by Gasteiger charge is -2.24. The fraction of sp³-hybridized carbons (Fsp3) is 0.800. The summed E-state index contributed by atoms with van der Waals surface area (Å²) in [6, 6.07) is -0.498. The molecular formula is C10H20N2O5. The number of nitrogens with zero attached hydrogens (tertiary/aromatic N) is 1. The first-order valence-electron chi connectivity index (χ1n) is 5.44. The summed E-state index contributed by atoms with van der Waals surface area (Å²) in [7, 11) is 0. The maximum absolute atomic E-state index is 11.6. The van der Waals surface area contributed by atoms with Crippen molar-refractivity contribution in [2.45, 2.75) is 25.9 Å². The Labute approximate surface area is 100 Å². The minimum Gasteiger partial charge on any atom is -0.479 e. The van der Waals surface area contributed by atoms with Crippen molar-refractivity contribution in [3.63, 3.8) is 0 Å². The Kier molecular flexibility index (Phi) is 6.52. The molecule has 1 unspecified atom stereocenters. The lowest BCUT2D eigenvalue weighted by molar-refractivity contribution is -0.155. The lowest BCUT2D eigenvalue weighted by atomic mass is 10.1. The Hall–Kier alpha value is -1.34. The Bertz CT molecular complexity index is 261. The van der Waals surface area contributed by atoms with Gasteiger partial charge in [0.25, 0.3) is 0 Å². The summed E-state index contributed by atoms with van der Waals surface area (Å²) in [5.41, 5.74) is -1.99. The van der Waals surface area contributed by atoms with Crippen molar-refractivity contribution in [3.8, 4) is 0 Å². The molecule has 0 aliphatic rings. The van der Waals surface area contributed by atoms with E-state index in [9.17, 15) is 14.7 Å². The van der Waals surface area contributed by atoms with Gasteiger partial charge in [0.05, 0.1) is 13.2 Å². The molecule has 100 valence electrons. The minimum absolute atomic E-state index is 0.164. The molecule has 0 heterocycles. The number of carboxylic acid groups (broad SMARTS) is 1. The predicted molar refractivity (Wildman–Crippen MR) is 60.6 cm³/mol. The summed E-state index contributed by atoms with van der Waals surface area (Å²) in [4.78, 5) is 23.6. The highest BCUT2D eigenvalue weighted by Gasteiger charge is 2.30. The summed E-state index contributed by atoms with van der Waals surface area (Å²) in [6.07, 6.45) is 0.725. The molecule has 1 atom stereocenters. The van der Waals surface area contributed by atoms with Crippen LogP contribution in [0.4, 0.5) is 4.79 Å². The van der Waals surface area contributed by atoms with E-state index in [1.54, 1.807) is 0 Å². The molecule has 0 bridgehead atoms. The molecule has 0 aromatic carbocycles. The molecule has 7 heteroatoms. The summed E-state index contributed by atoms with van der Waals surface area (Å²) < 4.78 is 0. The molecule has 0 saturated carbocycles. The molecule has 4 N–H and O–H groups in total. The van der Waals surface area contributed by atoms with Gasteiger partial charge < -0.3 is 25.5 Å². The third-order valence-electron chi connectivity index (χ3n) is 2.20. The van der Waals surface area contributed by atoms with Crippen molar-refractivity contribution in [1.29, 1.82) is 0 Å². The molecule has 2 amide bonds. The SMILES string of the molecule is CCCN(CCO)C(=O)NCC(C)(O)C(=O)O. The van der Waals surface area contributed by atoms with Gasteiger partial charge in [0.1, 0.15) is 0 Å². The Morgan fingerprint density at radius 2 is 1.94 bits per heavy atom. The number of amides is 2. The van der Waals surface area contributed by atoms with Gasteiger partial charge in [0.15, 0.2) is 5.60 Å². The van der Waals surface area contributed by atoms with Crippen molar-refractivity contribution in [3.05, 3.63) is 0 Å². The average Bonchev–Trinajstić information content (AvgIpc) is 2.25. The molecule has 0 aliphatic heterocycles. The molecule has 0 saturated heterocycles. The number of aliphatic hydroxyl groups excluding tert-OH is 1. The second-order valence-corrected chi connectivity index (χ2v) is 3.95. The van der Waals surface area contributed by atoms with Gasteiger partial charge in [-0.25, -0.2) is 9.59 Å². The van der Waals surface area contributed by atoms with Crippen LogP contribution in [0.3, 0.4) is 0 Å². The number of hydrogen-bond acceptors (Lipinski definition) is 4. The Morgan fingerprint density at radius 1 is 1.35 bits per heavy atom. The number of rotatable bonds is 7. The number of carboxylic acids is 1. The van der Waals surface area contributed by atoms with Crippen LogP contribution in [0.25, 0.3) is 0 Å². The Balaban J connectivity index is 4.27. The van der Waals surface area contributed by atoms with Crippen LogP contribution in [0.2, 0.25) is 0 Å². The molecule has 0 radical (unpaired) electrons. The topological polar surface area (TPSA) is 110 Å². The van der Waals surface area contributed by atoms with Crippen LogP contribution in [-0.2, 0) is 4.79 Å². The maximum atomic E-state index is 11.6. The molecule has 0 aromatic heterocycles. The first kappa shape index (κ1) is 15.7. The third kappa shape index (κ3) is 5.50. The van der Waals surface area contributed by atoms with Gasteiger partial charge in [-0.3, -0.25) is 0 Å². The average molecular weight is 248 g/mol. The second-order valence-electron chi connectivity index (χ2n) is 3.95. The van der Waals surface area contributed by atoms with Crippen LogP contribution in [0, 0.1) is 0 Å². The van der Waals surface area contributed by atoms with Crippen LogP contribution in [0.5, 0.6) is 0 Å². The highest BCUT2D eigenvalue weighted by Crippen LogP contribution is 2.01. The van der Waals surface area contributed by atoms with Crippen LogP contribution in [0.1, 0.15) is 20.3 Å². The molecule has 7 nitrogen and oxygen atoms in total. The van der Waals surface area contributed by atoms with E-state index in [0.717, 1.165) is 13.3 Å². The smallest absolute Gasteiger partial charge is 0.337 e. The van der Waals surface area contributed by atoms with E-state index in [2.05, 4.69) is 5.32 Å². The number of urea groups is 1. The Morgan fingerprint density at radius 3 is 2.35 bits per heavy atom. The zero-order valence-electron chi connectivity index (χ0n) is 10.1. The summed E-state index contributed by atoms with van der Waals surface area (Å²) >= 11 is 0. The standard InChI is InChI=1S/C10H20N2O5/c1-3-4-12(5-6-13)9(16)11-7-10(2,17)8(14)15/h13,17H,3-7H2,1-2H3,(H,11,16)(H,14,15). The quantitative estimate of drug-likeness (QED) is 0.473. The number of carbonyl (C=O) groups excluding carboxylic acids is 1. The van der Waals surface area contributed by atoms with E-state index in [-0.39, 0.29) is 19.7 Å². The van der Waals surface area contributed by atoms with Crippen molar-refractivity contribution < 1.29 is 24.9 Å². The van der Waals surface area contributed by atoms with E-state index in [1.807, 2.05) is 6.92 Å². The first-order valence-corrected chi connectivity index (χ1v) is 5.44. The molecule has 0 spiro atoms. The maximum Gasteiger partial charge on any atom is 0.337 e. The number of hydrogen-bond donors (Lipinski definition) is 4. The summed E-state index contributed by atoms with van der Waals surface area (Å²) in [6.45, 7) is 3.07. The fourth-order valence-electron chi connectivity index (χ4n) is 1.14. The molecule has 0 fully saturated rings. The summed E-state index contributed by atoms with van der Waals surface area (Å²) in [5.74, 6) is -1.40. The van der Waals surface area contributed by atoms with Crippen molar-refractivity contribution in [2.24, 2.45) is 0 Å². The summed E-state index contributed by atoms with van der Waals surface area (Å²) in [5, 5.41) is 29.1. The molecular weight excluding hydrogens is 228 g/mol. The van der Waals surface area contributed by atoms with Gasteiger partial charge in [0.2, 0.25) is 0 Å². The van der Waals surface area contributed by atoms with Crippen LogP contribution in [-0.4, -0.2) is 64.1 Å². The highest BCUT2D eigenvalue weighted by molar-refractivity contribution is 5.79. The first-order chi connectivity index (χ1) is 7.85. The zero-order chi connectivity index (χ0) is 13.5. The minimum atomic E-state index is -1.99. The highest BCUT2D eigenvalue weighted by atomic mass is 16.4. The predicted octanol–water partition coefficient (Wildman–Crippen LogP) is -0.764. The molecule has 0 aromatic rings. The van der Waals surface area contributed by atoms with Crippen LogP contribution < -0.4 is 5.32 Å². The van der Waals surface area contributed by atoms with E-state index in [4.69, 9.17) is 10.2 Å². The van der Waals surface area contributed by atoms with E-state index in [1.165, 1.54) is 4.90 Å². The van der Waals surface area contributed by atoms with Gasteiger partial charge in [-0.2, -0.15) is 0 Å². The van der Waals surface area contributed by atoms with Crippen LogP contribution in [0.15, 0.2) is 0 Å². The monoisotopic (exact) mass is 248 g/mol. The van der Waals surface area contributed by atoms with Crippen molar-refractivity contribution >= 4 is 12.0 Å². The zero-order valence-corrected chi connectivity index (χ0v) is 10.1. The van der Waals surface area contributed by atoms with Gasteiger partial charge in [-0.1, -0.05) is 6.92 Å². The van der Waals surface area contributed by atoms with Crippen LogP contribution >= 0.6 is 0 Å². The number of nitrogens with one attached hydrogen (secondary N) is 1. The largest absolute Gasteiger partial charge is 0.479 e. The molecule has 0 rings (SSSR count). The molecule has 0 aliphatic carbocycles.